The van der Waals surface area contributed by atoms with Crippen LogP contribution in [-0.4, -0.2) is 60.2 Å². The van der Waals surface area contributed by atoms with E-state index in [4.69, 9.17) is 4.74 Å². The third-order valence-corrected chi connectivity index (χ3v) is 4.25. The van der Waals surface area contributed by atoms with Crippen LogP contribution in [0.2, 0.25) is 0 Å². The summed E-state index contributed by atoms with van der Waals surface area (Å²) >= 11 is 0. The number of carbonyl (C=O) groups excluding carboxylic acids is 2. The summed E-state index contributed by atoms with van der Waals surface area (Å²) in [7, 11) is 1.73. The Bertz CT molecular complexity index is 701. The lowest BCUT2D eigenvalue weighted by Gasteiger charge is -2.37. The molecule has 0 aliphatic carbocycles. The number of ether oxygens (including phenoxy) is 1. The summed E-state index contributed by atoms with van der Waals surface area (Å²) in [5.74, 6) is 5.97. The molecular weight excluding hydrogens is 342 g/mol. The first-order valence-electron chi connectivity index (χ1n) is 9.29. The first-order valence-corrected chi connectivity index (χ1v) is 9.29. The van der Waals surface area contributed by atoms with Crippen molar-refractivity contribution < 1.29 is 14.3 Å². The van der Waals surface area contributed by atoms with Crippen LogP contribution in [0.1, 0.15) is 39.2 Å². The van der Waals surface area contributed by atoms with Gasteiger partial charge in [-0.25, -0.2) is 9.59 Å². The Balaban J connectivity index is 1.83. The highest BCUT2D eigenvalue weighted by Crippen LogP contribution is 2.18. The summed E-state index contributed by atoms with van der Waals surface area (Å²) in [6.45, 7) is 6.99. The van der Waals surface area contributed by atoms with Gasteiger partial charge in [0.05, 0.1) is 12.6 Å². The molecule has 1 saturated heterocycles. The number of piperidine rings is 1. The van der Waals surface area contributed by atoms with Crippen LogP contribution in [0.4, 0.5) is 9.59 Å². The molecule has 0 radical (unpaired) electrons. The normalized spacial score (nSPS) is 16.7. The van der Waals surface area contributed by atoms with Gasteiger partial charge in [0, 0.05) is 25.7 Å². The maximum Gasteiger partial charge on any atom is 0.410 e. The van der Waals surface area contributed by atoms with Crippen molar-refractivity contribution in [3.63, 3.8) is 0 Å². The van der Waals surface area contributed by atoms with Crippen molar-refractivity contribution in [1.29, 1.82) is 0 Å². The van der Waals surface area contributed by atoms with Crippen molar-refractivity contribution in [3.05, 3.63) is 35.9 Å². The third kappa shape index (κ3) is 6.86. The highest BCUT2D eigenvalue weighted by molar-refractivity contribution is 5.75. The molecule has 0 saturated carbocycles. The number of amides is 3. The molecule has 2 rings (SSSR count). The van der Waals surface area contributed by atoms with E-state index in [2.05, 4.69) is 17.2 Å². The lowest BCUT2D eigenvalue weighted by molar-refractivity contribution is 0.0155. The van der Waals surface area contributed by atoms with Gasteiger partial charge in [0.2, 0.25) is 0 Å². The number of benzene rings is 1. The number of likely N-dealkylation sites (N-methyl/N-ethyl adjacent to an activating group) is 1. The molecule has 3 amide bonds. The maximum atomic E-state index is 12.4. The van der Waals surface area contributed by atoms with Gasteiger partial charge < -0.3 is 19.9 Å². The Labute approximate surface area is 161 Å². The zero-order chi connectivity index (χ0) is 19.9. The van der Waals surface area contributed by atoms with Gasteiger partial charge in [0.25, 0.3) is 0 Å². The largest absolute Gasteiger partial charge is 0.444 e. The number of likely N-dealkylation sites (tertiary alicyclic amines) is 1. The van der Waals surface area contributed by atoms with Crippen molar-refractivity contribution in [2.24, 2.45) is 0 Å². The van der Waals surface area contributed by atoms with E-state index in [9.17, 15) is 9.59 Å². The summed E-state index contributed by atoms with van der Waals surface area (Å²) in [5, 5.41) is 2.83. The summed E-state index contributed by atoms with van der Waals surface area (Å²) < 4.78 is 5.42. The average molecular weight is 371 g/mol. The second-order valence-electron chi connectivity index (χ2n) is 7.66. The van der Waals surface area contributed by atoms with Gasteiger partial charge in [-0.1, -0.05) is 30.0 Å². The van der Waals surface area contributed by atoms with Crippen molar-refractivity contribution >= 4 is 12.1 Å². The van der Waals surface area contributed by atoms with E-state index in [0.29, 0.717) is 13.1 Å². The van der Waals surface area contributed by atoms with Gasteiger partial charge in [-0.15, -0.1) is 0 Å². The fourth-order valence-electron chi connectivity index (χ4n) is 2.84. The van der Waals surface area contributed by atoms with E-state index in [1.54, 1.807) is 16.8 Å². The summed E-state index contributed by atoms with van der Waals surface area (Å²) in [6.07, 6.45) is 1.34. The van der Waals surface area contributed by atoms with Crippen LogP contribution in [0, 0.1) is 11.8 Å². The number of urea groups is 1. The van der Waals surface area contributed by atoms with E-state index in [1.807, 2.05) is 51.1 Å². The first kappa shape index (κ1) is 20.6. The van der Waals surface area contributed by atoms with Crippen LogP contribution >= 0.6 is 0 Å². The maximum absolute atomic E-state index is 12.4. The molecule has 1 aromatic carbocycles. The smallest absolute Gasteiger partial charge is 0.410 e. The van der Waals surface area contributed by atoms with Crippen LogP contribution in [-0.2, 0) is 4.74 Å². The molecule has 146 valence electrons. The molecule has 1 aliphatic rings. The number of hydrogen-bond acceptors (Lipinski definition) is 3. The van der Waals surface area contributed by atoms with E-state index < -0.39 is 5.60 Å². The van der Waals surface area contributed by atoms with Crippen LogP contribution in [0.3, 0.4) is 0 Å². The molecule has 1 N–H and O–H groups in total. The van der Waals surface area contributed by atoms with Gasteiger partial charge in [-0.2, -0.15) is 0 Å². The van der Waals surface area contributed by atoms with E-state index in [0.717, 1.165) is 18.4 Å². The van der Waals surface area contributed by atoms with E-state index in [1.165, 1.54) is 0 Å². The Morgan fingerprint density at radius 2 is 2.00 bits per heavy atom. The van der Waals surface area contributed by atoms with Crippen LogP contribution in [0.5, 0.6) is 0 Å². The van der Waals surface area contributed by atoms with Gasteiger partial charge in [0.15, 0.2) is 0 Å². The van der Waals surface area contributed by atoms with Crippen molar-refractivity contribution in [1.82, 2.24) is 15.1 Å². The van der Waals surface area contributed by atoms with Crippen molar-refractivity contribution in [3.8, 4) is 11.8 Å². The average Bonchev–Trinajstić information content (AvgIpc) is 2.64. The Hall–Kier alpha value is -2.68. The molecule has 0 unspecified atom stereocenters. The second-order valence-corrected chi connectivity index (χ2v) is 7.66. The lowest BCUT2D eigenvalue weighted by Crippen LogP contribution is -2.53. The topological polar surface area (TPSA) is 61.9 Å². The predicted octanol–water partition coefficient (Wildman–Crippen LogP) is 3.08. The van der Waals surface area contributed by atoms with Gasteiger partial charge in [0.1, 0.15) is 5.60 Å². The monoisotopic (exact) mass is 371 g/mol. The molecule has 6 nitrogen and oxygen atoms in total. The molecule has 0 bridgehead atoms. The van der Waals surface area contributed by atoms with Crippen LogP contribution in [0.25, 0.3) is 0 Å². The van der Waals surface area contributed by atoms with E-state index >= 15 is 0 Å². The molecule has 1 heterocycles. The molecule has 0 spiro atoms. The summed E-state index contributed by atoms with van der Waals surface area (Å²) in [6, 6.07) is 9.45. The number of nitrogens with one attached hydrogen (secondary N) is 1. The minimum absolute atomic E-state index is 0.0465. The fraction of sp³-hybridized carbons (Fsp3) is 0.524. The molecule has 6 heteroatoms. The minimum atomic E-state index is -0.533. The van der Waals surface area contributed by atoms with Crippen LogP contribution in [0.15, 0.2) is 30.3 Å². The van der Waals surface area contributed by atoms with Crippen molar-refractivity contribution in [2.45, 2.75) is 45.3 Å². The number of nitrogens with zero attached hydrogens (tertiary/aromatic N) is 2. The molecule has 1 fully saturated rings. The molecule has 1 atom stereocenters. The van der Waals surface area contributed by atoms with Crippen molar-refractivity contribution in [2.75, 3.05) is 26.7 Å². The second kappa shape index (κ2) is 9.31. The van der Waals surface area contributed by atoms with Gasteiger partial charge >= 0.3 is 12.1 Å². The zero-order valence-electron chi connectivity index (χ0n) is 16.6. The Morgan fingerprint density at radius 3 is 2.67 bits per heavy atom. The van der Waals surface area contributed by atoms with Gasteiger partial charge in [-0.05, 0) is 45.7 Å². The summed E-state index contributed by atoms with van der Waals surface area (Å²) in [4.78, 5) is 28.0. The molecule has 27 heavy (non-hydrogen) atoms. The number of rotatable bonds is 2. The minimum Gasteiger partial charge on any atom is -0.444 e. The Morgan fingerprint density at radius 1 is 1.30 bits per heavy atom. The molecular formula is C21H29N3O3. The SMILES string of the molecule is CN(C(=O)OC(C)(C)C)[C@@H]1CCCN(C(=O)NCC#Cc2ccccc2)C1. The van der Waals surface area contributed by atoms with Gasteiger partial charge in [-0.3, -0.25) is 0 Å². The fourth-order valence-corrected chi connectivity index (χ4v) is 2.84. The standard InChI is InChI=1S/C21H29N3O3/c1-21(2,3)27-20(26)23(4)18-13-9-15-24(16-18)19(25)22-14-8-12-17-10-6-5-7-11-17/h5-7,10-11,18H,9,13-16H2,1-4H3,(H,22,25)/t18-/m1/s1. The molecule has 1 aliphatic heterocycles. The van der Waals surface area contributed by atoms with Crippen LogP contribution < -0.4 is 5.32 Å². The third-order valence-electron chi connectivity index (χ3n) is 4.25. The van der Waals surface area contributed by atoms with E-state index in [-0.39, 0.29) is 24.7 Å². The highest BCUT2D eigenvalue weighted by Gasteiger charge is 2.30. The Kier molecular flexibility index (Phi) is 7.12. The zero-order valence-corrected chi connectivity index (χ0v) is 16.6. The number of carbonyl (C=O) groups is 2. The molecule has 0 aromatic heterocycles. The number of hydrogen-bond donors (Lipinski definition) is 1. The lowest BCUT2D eigenvalue weighted by atomic mass is 10.1. The summed E-state index contributed by atoms with van der Waals surface area (Å²) in [5.41, 5.74) is 0.387. The first-order chi connectivity index (χ1) is 12.8. The quantitative estimate of drug-likeness (QED) is 0.813. The molecule has 1 aromatic rings. The highest BCUT2D eigenvalue weighted by atomic mass is 16.6. The predicted molar refractivity (Wildman–Crippen MR) is 105 cm³/mol.